The highest BCUT2D eigenvalue weighted by Crippen LogP contribution is 2.34. The monoisotopic (exact) mass is 221 g/mol. The molecular formula is C13H19NO2. The summed E-state index contributed by atoms with van der Waals surface area (Å²) in [7, 11) is 1.72. The topological polar surface area (TPSA) is 30.5 Å². The molecule has 0 amide bonds. The molecule has 2 atom stereocenters. The average molecular weight is 221 g/mol. The summed E-state index contributed by atoms with van der Waals surface area (Å²) in [6, 6.07) is 4.28. The molecule has 1 N–H and O–H groups in total. The van der Waals surface area contributed by atoms with Gasteiger partial charge in [-0.05, 0) is 32.4 Å². The van der Waals surface area contributed by atoms with Gasteiger partial charge in [-0.25, -0.2) is 0 Å². The van der Waals surface area contributed by atoms with Gasteiger partial charge in [0.15, 0.2) is 0 Å². The van der Waals surface area contributed by atoms with Crippen molar-refractivity contribution in [3.63, 3.8) is 0 Å². The van der Waals surface area contributed by atoms with E-state index >= 15 is 0 Å². The van der Waals surface area contributed by atoms with E-state index in [0.717, 1.165) is 17.9 Å². The van der Waals surface area contributed by atoms with Crippen LogP contribution in [0.15, 0.2) is 12.1 Å². The Kier molecular flexibility index (Phi) is 3.17. The Morgan fingerprint density at radius 2 is 2.12 bits per heavy atom. The summed E-state index contributed by atoms with van der Waals surface area (Å²) in [6.07, 6.45) is 0.221. The fourth-order valence-corrected chi connectivity index (χ4v) is 2.30. The fourth-order valence-electron chi connectivity index (χ4n) is 2.30. The molecule has 1 aliphatic rings. The maximum atomic E-state index is 5.81. The predicted molar refractivity (Wildman–Crippen MR) is 63.8 cm³/mol. The third-order valence-electron chi connectivity index (χ3n) is 2.96. The number of hydrogen-bond donors (Lipinski definition) is 1. The minimum Gasteiger partial charge on any atom is -0.496 e. The van der Waals surface area contributed by atoms with Crippen LogP contribution in [-0.4, -0.2) is 19.9 Å². The van der Waals surface area contributed by atoms with Gasteiger partial charge in [0.25, 0.3) is 0 Å². The van der Waals surface area contributed by atoms with E-state index in [2.05, 4.69) is 31.3 Å². The van der Waals surface area contributed by atoms with E-state index in [1.165, 1.54) is 11.1 Å². The zero-order chi connectivity index (χ0) is 11.7. The molecule has 16 heavy (non-hydrogen) atoms. The van der Waals surface area contributed by atoms with Crippen molar-refractivity contribution < 1.29 is 9.47 Å². The van der Waals surface area contributed by atoms with Crippen molar-refractivity contribution in [3.05, 3.63) is 28.8 Å². The minimum atomic E-state index is 0.101. The number of hydrogen-bond acceptors (Lipinski definition) is 3. The van der Waals surface area contributed by atoms with Crippen molar-refractivity contribution in [1.82, 2.24) is 5.32 Å². The first kappa shape index (κ1) is 11.4. The van der Waals surface area contributed by atoms with E-state index in [-0.39, 0.29) is 12.3 Å². The number of ether oxygens (including phenoxy) is 2. The Bertz CT molecular complexity index is 390. The molecule has 1 saturated heterocycles. The summed E-state index contributed by atoms with van der Waals surface area (Å²) in [6.45, 7) is 7.04. The highest BCUT2D eigenvalue weighted by molar-refractivity contribution is 5.45. The van der Waals surface area contributed by atoms with E-state index < -0.39 is 0 Å². The van der Waals surface area contributed by atoms with Gasteiger partial charge in [0.2, 0.25) is 0 Å². The Balaban J connectivity index is 2.38. The molecule has 0 spiro atoms. The van der Waals surface area contributed by atoms with Gasteiger partial charge in [-0.1, -0.05) is 11.6 Å². The van der Waals surface area contributed by atoms with Gasteiger partial charge in [-0.2, -0.15) is 0 Å². The molecule has 3 nitrogen and oxygen atoms in total. The highest BCUT2D eigenvalue weighted by Gasteiger charge is 2.26. The number of benzene rings is 1. The Hall–Kier alpha value is -1.06. The molecule has 0 saturated carbocycles. The van der Waals surface area contributed by atoms with Gasteiger partial charge >= 0.3 is 0 Å². The first-order valence-electron chi connectivity index (χ1n) is 5.65. The molecule has 3 heteroatoms. The van der Waals surface area contributed by atoms with Gasteiger partial charge in [0.05, 0.1) is 7.11 Å². The van der Waals surface area contributed by atoms with E-state index in [0.29, 0.717) is 0 Å². The molecule has 2 rings (SSSR count). The predicted octanol–water partition coefficient (Wildman–Crippen LogP) is 2.32. The molecule has 1 heterocycles. The number of rotatable bonds is 2. The van der Waals surface area contributed by atoms with Crippen LogP contribution >= 0.6 is 0 Å². The lowest BCUT2D eigenvalue weighted by molar-refractivity contribution is 0.0515. The van der Waals surface area contributed by atoms with Crippen molar-refractivity contribution in [3.8, 4) is 5.75 Å². The lowest BCUT2D eigenvalue weighted by Gasteiger charge is -2.17. The Labute approximate surface area is 96.8 Å². The first-order valence-corrected chi connectivity index (χ1v) is 5.65. The summed E-state index contributed by atoms with van der Waals surface area (Å²) in [5.74, 6) is 0.950. The number of nitrogens with one attached hydrogen (secondary N) is 1. The van der Waals surface area contributed by atoms with Crippen LogP contribution in [0.5, 0.6) is 5.75 Å². The lowest BCUT2D eigenvalue weighted by atomic mass is 10.0. The Morgan fingerprint density at radius 3 is 2.69 bits per heavy atom. The zero-order valence-electron chi connectivity index (χ0n) is 10.3. The van der Waals surface area contributed by atoms with Gasteiger partial charge in [0.1, 0.15) is 18.1 Å². The standard InChI is InChI=1S/C13H19NO2/c1-8-5-9(2)13(15-4)11(6-8)12-7-14-10(3)16-12/h5-6,10,12,14H,7H2,1-4H3. The third kappa shape index (κ3) is 2.06. The van der Waals surface area contributed by atoms with Crippen LogP contribution in [-0.2, 0) is 4.74 Å². The SMILES string of the molecule is COc1c(C)cc(C)cc1C1CNC(C)O1. The molecule has 0 aliphatic carbocycles. The summed E-state index contributed by atoms with van der Waals surface area (Å²) in [5, 5.41) is 3.28. The smallest absolute Gasteiger partial charge is 0.127 e. The minimum absolute atomic E-state index is 0.101. The summed E-state index contributed by atoms with van der Waals surface area (Å²) >= 11 is 0. The van der Waals surface area contributed by atoms with Crippen molar-refractivity contribution in [2.24, 2.45) is 0 Å². The second kappa shape index (κ2) is 4.44. The highest BCUT2D eigenvalue weighted by atomic mass is 16.5. The van der Waals surface area contributed by atoms with Crippen molar-refractivity contribution in [1.29, 1.82) is 0 Å². The number of methoxy groups -OCH3 is 1. The molecule has 2 unspecified atom stereocenters. The largest absolute Gasteiger partial charge is 0.496 e. The van der Waals surface area contributed by atoms with Crippen LogP contribution in [0.2, 0.25) is 0 Å². The van der Waals surface area contributed by atoms with Gasteiger partial charge in [-0.3, -0.25) is 5.32 Å². The van der Waals surface area contributed by atoms with Gasteiger partial charge in [0, 0.05) is 12.1 Å². The molecule has 0 bridgehead atoms. The number of aryl methyl sites for hydroxylation is 2. The quantitative estimate of drug-likeness (QED) is 0.831. The van der Waals surface area contributed by atoms with E-state index in [1.807, 2.05) is 6.92 Å². The van der Waals surface area contributed by atoms with Gasteiger partial charge in [-0.15, -0.1) is 0 Å². The molecule has 1 aromatic rings. The second-order valence-corrected chi connectivity index (χ2v) is 4.38. The molecule has 1 fully saturated rings. The Morgan fingerprint density at radius 1 is 1.38 bits per heavy atom. The zero-order valence-corrected chi connectivity index (χ0v) is 10.3. The van der Waals surface area contributed by atoms with Crippen LogP contribution in [0.4, 0.5) is 0 Å². The van der Waals surface area contributed by atoms with Crippen LogP contribution in [0.3, 0.4) is 0 Å². The normalized spacial score (nSPS) is 24.8. The summed E-state index contributed by atoms with van der Waals surface area (Å²) in [5.41, 5.74) is 3.56. The average Bonchev–Trinajstić information content (AvgIpc) is 2.63. The lowest BCUT2D eigenvalue weighted by Crippen LogP contribution is -2.17. The van der Waals surface area contributed by atoms with Crippen LogP contribution in [0.1, 0.15) is 29.7 Å². The molecular weight excluding hydrogens is 202 g/mol. The second-order valence-electron chi connectivity index (χ2n) is 4.38. The third-order valence-corrected chi connectivity index (χ3v) is 2.96. The summed E-state index contributed by atoms with van der Waals surface area (Å²) < 4.78 is 11.3. The van der Waals surface area contributed by atoms with Crippen LogP contribution in [0, 0.1) is 13.8 Å². The molecule has 1 aliphatic heterocycles. The molecule has 1 aromatic carbocycles. The molecule has 88 valence electrons. The maximum absolute atomic E-state index is 5.81. The first-order chi connectivity index (χ1) is 7.61. The summed E-state index contributed by atoms with van der Waals surface area (Å²) in [4.78, 5) is 0. The van der Waals surface area contributed by atoms with Gasteiger partial charge < -0.3 is 9.47 Å². The van der Waals surface area contributed by atoms with Crippen molar-refractivity contribution in [2.45, 2.75) is 33.1 Å². The van der Waals surface area contributed by atoms with Crippen LogP contribution < -0.4 is 10.1 Å². The fraction of sp³-hybridized carbons (Fsp3) is 0.538. The molecule has 0 radical (unpaired) electrons. The van der Waals surface area contributed by atoms with Crippen LogP contribution in [0.25, 0.3) is 0 Å². The maximum Gasteiger partial charge on any atom is 0.127 e. The van der Waals surface area contributed by atoms with Crippen molar-refractivity contribution >= 4 is 0 Å². The molecule has 0 aromatic heterocycles. The van der Waals surface area contributed by atoms with Crippen molar-refractivity contribution in [2.75, 3.05) is 13.7 Å². The van der Waals surface area contributed by atoms with E-state index in [1.54, 1.807) is 7.11 Å². The van der Waals surface area contributed by atoms with E-state index in [4.69, 9.17) is 9.47 Å². The van der Waals surface area contributed by atoms with E-state index in [9.17, 15) is 0 Å².